The van der Waals surface area contributed by atoms with Gasteiger partial charge in [-0.1, -0.05) is 43.2 Å². The number of esters is 1. The van der Waals surface area contributed by atoms with E-state index in [4.69, 9.17) is 9.47 Å². The van der Waals surface area contributed by atoms with Crippen molar-refractivity contribution in [2.75, 3.05) is 11.9 Å². The predicted octanol–water partition coefficient (Wildman–Crippen LogP) is 4.61. The summed E-state index contributed by atoms with van der Waals surface area (Å²) in [4.78, 5) is 25.7. The zero-order chi connectivity index (χ0) is 20.9. The zero-order valence-corrected chi connectivity index (χ0v) is 16.7. The Kier molecular flexibility index (Phi) is 6.52. The Bertz CT molecular complexity index is 877. The minimum atomic E-state index is -1.04. The average Bonchev–Trinajstić information content (AvgIpc) is 3.21. The number of hydrogen-bond acceptors (Lipinski definition) is 4. The van der Waals surface area contributed by atoms with Gasteiger partial charge in [-0.3, -0.25) is 9.59 Å². The number of carbonyl (C=O) groups is 2. The third-order valence-corrected chi connectivity index (χ3v) is 5.34. The molecule has 2 aromatic rings. The molecular weight excluding hydrogens is 373 g/mol. The summed E-state index contributed by atoms with van der Waals surface area (Å²) >= 11 is 0. The molecule has 1 atom stereocenters. The van der Waals surface area contributed by atoms with E-state index in [2.05, 4.69) is 5.32 Å². The molecule has 1 aliphatic carbocycles. The minimum absolute atomic E-state index is 0.344. The Morgan fingerprint density at radius 1 is 1.10 bits per heavy atom. The van der Waals surface area contributed by atoms with Crippen LogP contribution in [0.5, 0.6) is 5.75 Å². The van der Waals surface area contributed by atoms with Gasteiger partial charge in [-0.25, -0.2) is 4.39 Å². The highest BCUT2D eigenvalue weighted by molar-refractivity contribution is 5.97. The van der Waals surface area contributed by atoms with Gasteiger partial charge >= 0.3 is 5.97 Å². The van der Waals surface area contributed by atoms with Gasteiger partial charge in [0.25, 0.3) is 5.91 Å². The van der Waals surface area contributed by atoms with Gasteiger partial charge in [0.15, 0.2) is 6.10 Å². The van der Waals surface area contributed by atoms with E-state index in [0.717, 1.165) is 12.8 Å². The minimum Gasteiger partial charge on any atom is -0.492 e. The first kappa shape index (κ1) is 20.8. The fourth-order valence-electron chi connectivity index (χ4n) is 3.82. The lowest BCUT2D eigenvalue weighted by Gasteiger charge is -2.29. The van der Waals surface area contributed by atoms with Crippen LogP contribution in [0, 0.1) is 5.82 Å². The molecule has 1 N–H and O–H groups in total. The second-order valence-corrected chi connectivity index (χ2v) is 7.24. The van der Waals surface area contributed by atoms with Gasteiger partial charge < -0.3 is 14.8 Å². The van der Waals surface area contributed by atoms with Gasteiger partial charge in [0.2, 0.25) is 0 Å². The number of anilines is 1. The van der Waals surface area contributed by atoms with E-state index in [1.54, 1.807) is 36.4 Å². The van der Waals surface area contributed by atoms with Gasteiger partial charge in [0.1, 0.15) is 11.6 Å². The maximum atomic E-state index is 14.4. The number of benzene rings is 2. The molecule has 1 saturated carbocycles. The number of hydrogen-bond donors (Lipinski definition) is 1. The van der Waals surface area contributed by atoms with Gasteiger partial charge in [0, 0.05) is 5.56 Å². The fourth-order valence-corrected chi connectivity index (χ4v) is 3.82. The van der Waals surface area contributed by atoms with E-state index in [9.17, 15) is 14.0 Å². The first-order valence-corrected chi connectivity index (χ1v) is 9.96. The third kappa shape index (κ3) is 4.42. The van der Waals surface area contributed by atoms with Crippen LogP contribution in [-0.4, -0.2) is 24.6 Å². The van der Waals surface area contributed by atoms with E-state index in [0.29, 0.717) is 36.4 Å². The molecule has 5 nitrogen and oxygen atoms in total. The summed E-state index contributed by atoms with van der Waals surface area (Å²) in [6, 6.07) is 13.3. The van der Waals surface area contributed by atoms with Crippen molar-refractivity contribution in [1.82, 2.24) is 0 Å². The van der Waals surface area contributed by atoms with E-state index in [1.807, 2.05) is 13.0 Å². The van der Waals surface area contributed by atoms with E-state index < -0.39 is 29.2 Å². The van der Waals surface area contributed by atoms with Crippen LogP contribution in [0.2, 0.25) is 0 Å². The van der Waals surface area contributed by atoms with Crippen LogP contribution < -0.4 is 10.1 Å². The first-order chi connectivity index (χ1) is 14.0. The molecule has 1 fully saturated rings. The number of amides is 1. The lowest BCUT2D eigenvalue weighted by molar-refractivity contribution is -0.159. The molecule has 0 radical (unpaired) electrons. The molecule has 6 heteroatoms. The number of carbonyl (C=O) groups excluding carboxylic acids is 2. The summed E-state index contributed by atoms with van der Waals surface area (Å²) in [5.41, 5.74) is -0.188. The molecule has 0 heterocycles. The molecule has 0 aliphatic heterocycles. The van der Waals surface area contributed by atoms with Crippen molar-refractivity contribution in [2.24, 2.45) is 0 Å². The number of halogens is 1. The lowest BCUT2D eigenvalue weighted by atomic mass is 9.78. The van der Waals surface area contributed by atoms with E-state index >= 15 is 0 Å². The van der Waals surface area contributed by atoms with Crippen LogP contribution in [0.15, 0.2) is 48.5 Å². The van der Waals surface area contributed by atoms with Crippen molar-refractivity contribution in [1.29, 1.82) is 0 Å². The highest BCUT2D eigenvalue weighted by Gasteiger charge is 2.46. The van der Waals surface area contributed by atoms with Gasteiger partial charge in [0.05, 0.1) is 17.7 Å². The second-order valence-electron chi connectivity index (χ2n) is 7.24. The van der Waals surface area contributed by atoms with Crippen molar-refractivity contribution in [2.45, 2.75) is 51.0 Å². The van der Waals surface area contributed by atoms with Crippen molar-refractivity contribution < 1.29 is 23.5 Å². The van der Waals surface area contributed by atoms with Gasteiger partial charge in [-0.15, -0.1) is 0 Å². The van der Waals surface area contributed by atoms with Crippen molar-refractivity contribution in [3.05, 3.63) is 59.9 Å². The van der Waals surface area contributed by atoms with Crippen LogP contribution in [0.25, 0.3) is 0 Å². The number of rotatable bonds is 7. The van der Waals surface area contributed by atoms with E-state index in [-0.39, 0.29) is 0 Å². The molecule has 3 rings (SSSR count). The Hall–Kier alpha value is -2.89. The fraction of sp³-hybridized carbons (Fsp3) is 0.391. The first-order valence-electron chi connectivity index (χ1n) is 9.96. The molecule has 0 saturated heterocycles. The topological polar surface area (TPSA) is 64.6 Å². The number of para-hydroxylation sites is 2. The quantitative estimate of drug-likeness (QED) is 0.691. The Labute approximate surface area is 170 Å². The maximum absolute atomic E-state index is 14.4. The molecule has 0 aromatic heterocycles. The Morgan fingerprint density at radius 3 is 2.45 bits per heavy atom. The molecule has 2 aromatic carbocycles. The summed E-state index contributed by atoms with van der Waals surface area (Å²) in [5, 5.41) is 2.74. The Balaban J connectivity index is 1.74. The molecule has 0 unspecified atom stereocenters. The SMILES string of the molecule is CCOc1ccccc1NC(=O)[C@@H](C)OC(=O)C1(c2ccccc2F)CCCC1. The van der Waals surface area contributed by atoms with Crippen LogP contribution in [0.3, 0.4) is 0 Å². The van der Waals surface area contributed by atoms with Crippen LogP contribution in [-0.2, 0) is 19.7 Å². The molecular formula is C23H26FNO4. The summed E-state index contributed by atoms with van der Waals surface area (Å²) in [7, 11) is 0. The van der Waals surface area contributed by atoms with Gasteiger partial charge in [-0.2, -0.15) is 0 Å². The smallest absolute Gasteiger partial charge is 0.317 e. The Morgan fingerprint density at radius 2 is 1.76 bits per heavy atom. The molecule has 1 amide bonds. The van der Waals surface area contributed by atoms with E-state index in [1.165, 1.54) is 13.0 Å². The molecule has 0 bridgehead atoms. The third-order valence-electron chi connectivity index (χ3n) is 5.34. The van der Waals surface area contributed by atoms with Crippen molar-refractivity contribution in [3.8, 4) is 5.75 Å². The number of ether oxygens (including phenoxy) is 2. The van der Waals surface area contributed by atoms with Crippen molar-refractivity contribution in [3.63, 3.8) is 0 Å². The summed E-state index contributed by atoms with van der Waals surface area (Å²) in [6.07, 6.45) is 1.61. The standard InChI is InChI=1S/C23H26FNO4/c1-3-28-20-13-7-6-12-19(20)25-21(26)16(2)29-22(27)23(14-8-9-15-23)17-10-4-5-11-18(17)24/h4-7,10-13,16H,3,8-9,14-15H2,1-2H3,(H,25,26)/t16-/m1/s1. The van der Waals surface area contributed by atoms with Crippen LogP contribution >= 0.6 is 0 Å². The summed E-state index contributed by atoms with van der Waals surface area (Å²) < 4.78 is 25.5. The summed E-state index contributed by atoms with van der Waals surface area (Å²) in [5.74, 6) is -0.900. The van der Waals surface area contributed by atoms with Crippen LogP contribution in [0.4, 0.5) is 10.1 Å². The highest BCUT2D eigenvalue weighted by atomic mass is 19.1. The molecule has 0 spiro atoms. The molecule has 1 aliphatic rings. The van der Waals surface area contributed by atoms with Gasteiger partial charge in [-0.05, 0) is 44.9 Å². The highest BCUT2D eigenvalue weighted by Crippen LogP contribution is 2.43. The number of nitrogens with one attached hydrogen (secondary N) is 1. The second kappa shape index (κ2) is 9.07. The molecule has 29 heavy (non-hydrogen) atoms. The lowest BCUT2D eigenvalue weighted by Crippen LogP contribution is -2.40. The normalized spacial score (nSPS) is 16.1. The van der Waals surface area contributed by atoms with Crippen LogP contribution in [0.1, 0.15) is 45.1 Å². The largest absolute Gasteiger partial charge is 0.492 e. The predicted molar refractivity (Wildman–Crippen MR) is 108 cm³/mol. The zero-order valence-electron chi connectivity index (χ0n) is 16.7. The monoisotopic (exact) mass is 399 g/mol. The summed E-state index contributed by atoms with van der Waals surface area (Å²) in [6.45, 7) is 3.83. The average molecular weight is 399 g/mol. The van der Waals surface area contributed by atoms with Crippen molar-refractivity contribution >= 4 is 17.6 Å². The molecule has 154 valence electrons. The maximum Gasteiger partial charge on any atom is 0.317 e.